The van der Waals surface area contributed by atoms with Gasteiger partial charge in [-0.2, -0.15) is 0 Å². The van der Waals surface area contributed by atoms with Crippen LogP contribution in [0.5, 0.6) is 11.5 Å². The van der Waals surface area contributed by atoms with Gasteiger partial charge in [-0.3, -0.25) is 0 Å². The van der Waals surface area contributed by atoms with Crippen LogP contribution in [0.3, 0.4) is 0 Å². The number of carbonyl (C=O) groups is 2. The quantitative estimate of drug-likeness (QED) is 0.587. The van der Waals surface area contributed by atoms with Crippen molar-refractivity contribution in [2.45, 2.75) is 26.2 Å². The second-order valence-corrected chi connectivity index (χ2v) is 7.34. The lowest BCUT2D eigenvalue weighted by Gasteiger charge is -2.19. The molecule has 0 bridgehead atoms. The molecule has 25 heavy (non-hydrogen) atoms. The van der Waals surface area contributed by atoms with Gasteiger partial charge in [-0.25, -0.2) is 9.59 Å². The first-order valence-corrected chi connectivity index (χ1v) is 8.43. The highest BCUT2D eigenvalue weighted by atomic mass is 79.9. The summed E-state index contributed by atoms with van der Waals surface area (Å²) in [5, 5.41) is 8.91. The van der Waals surface area contributed by atoms with Gasteiger partial charge in [0.15, 0.2) is 6.61 Å². The van der Waals surface area contributed by atoms with Crippen LogP contribution in [0.2, 0.25) is 0 Å². The first kappa shape index (κ1) is 19.0. The van der Waals surface area contributed by atoms with Crippen LogP contribution in [-0.2, 0) is 10.2 Å². The monoisotopic (exact) mass is 406 g/mol. The summed E-state index contributed by atoms with van der Waals surface area (Å²) in [5.74, 6) is -0.823. The highest BCUT2D eigenvalue weighted by Gasteiger charge is 2.14. The predicted octanol–water partition coefficient (Wildman–Crippen LogP) is 4.43. The molecule has 132 valence electrons. The van der Waals surface area contributed by atoms with Crippen LogP contribution < -0.4 is 9.47 Å². The van der Waals surface area contributed by atoms with Crippen molar-refractivity contribution in [3.8, 4) is 11.5 Å². The molecular formula is C19H19BrO5. The average Bonchev–Trinajstić information content (AvgIpc) is 2.54. The maximum absolute atomic E-state index is 11.9. The van der Waals surface area contributed by atoms with Crippen molar-refractivity contribution in [3.63, 3.8) is 0 Å². The number of carbonyl (C=O) groups excluding carboxylic acids is 1. The minimum Gasteiger partial charge on any atom is -0.482 e. The molecule has 0 saturated heterocycles. The Morgan fingerprint density at radius 1 is 1.08 bits per heavy atom. The van der Waals surface area contributed by atoms with Gasteiger partial charge in [-0.05, 0) is 57.2 Å². The Balaban J connectivity index is 1.94. The highest BCUT2D eigenvalue weighted by molar-refractivity contribution is 9.10. The summed E-state index contributed by atoms with van der Waals surface area (Å²) in [4.78, 5) is 22.8. The molecule has 2 rings (SSSR count). The van der Waals surface area contributed by atoms with E-state index in [1.165, 1.54) is 23.8 Å². The van der Waals surface area contributed by atoms with Crippen molar-refractivity contribution in [1.82, 2.24) is 0 Å². The molecule has 1 N–H and O–H groups in total. The molecule has 2 aromatic rings. The number of esters is 1. The fourth-order valence-corrected chi connectivity index (χ4v) is 2.52. The number of hydrogen-bond donors (Lipinski definition) is 1. The summed E-state index contributed by atoms with van der Waals surface area (Å²) < 4.78 is 11.0. The molecule has 0 aliphatic heterocycles. The van der Waals surface area contributed by atoms with Crippen molar-refractivity contribution >= 4 is 27.9 Å². The van der Waals surface area contributed by atoms with Crippen LogP contribution in [0, 0.1) is 0 Å². The minimum atomic E-state index is -1.05. The first-order valence-electron chi connectivity index (χ1n) is 7.63. The third-order valence-corrected chi connectivity index (χ3v) is 4.10. The number of aromatic carboxylic acids is 1. The van der Waals surface area contributed by atoms with Crippen molar-refractivity contribution < 1.29 is 24.2 Å². The topological polar surface area (TPSA) is 72.8 Å². The van der Waals surface area contributed by atoms with E-state index in [-0.39, 0.29) is 23.3 Å². The predicted molar refractivity (Wildman–Crippen MR) is 97.4 cm³/mol. The van der Waals surface area contributed by atoms with Crippen LogP contribution in [0.4, 0.5) is 0 Å². The summed E-state index contributed by atoms with van der Waals surface area (Å²) in [6.07, 6.45) is 0. The molecule has 6 heteroatoms. The number of benzene rings is 2. The van der Waals surface area contributed by atoms with Gasteiger partial charge < -0.3 is 14.6 Å². The lowest BCUT2D eigenvalue weighted by atomic mass is 9.87. The largest absolute Gasteiger partial charge is 0.482 e. The Labute approximate surface area is 154 Å². The normalized spacial score (nSPS) is 11.0. The maximum Gasteiger partial charge on any atom is 0.349 e. The zero-order valence-corrected chi connectivity index (χ0v) is 15.8. The van der Waals surface area contributed by atoms with E-state index in [9.17, 15) is 9.59 Å². The van der Waals surface area contributed by atoms with Gasteiger partial charge in [0.1, 0.15) is 11.5 Å². The van der Waals surface area contributed by atoms with E-state index in [0.717, 1.165) is 0 Å². The Morgan fingerprint density at radius 3 is 2.24 bits per heavy atom. The number of rotatable bonds is 5. The molecule has 5 nitrogen and oxygen atoms in total. The highest BCUT2D eigenvalue weighted by Crippen LogP contribution is 2.27. The number of hydrogen-bond acceptors (Lipinski definition) is 4. The van der Waals surface area contributed by atoms with E-state index in [1.807, 2.05) is 24.3 Å². The van der Waals surface area contributed by atoms with E-state index in [0.29, 0.717) is 10.2 Å². The van der Waals surface area contributed by atoms with Gasteiger partial charge >= 0.3 is 11.9 Å². The minimum absolute atomic E-state index is 0.0475. The fourth-order valence-electron chi connectivity index (χ4n) is 2.06. The van der Waals surface area contributed by atoms with E-state index < -0.39 is 11.9 Å². The summed E-state index contributed by atoms with van der Waals surface area (Å²) in [7, 11) is 0. The number of ether oxygens (including phenoxy) is 2. The van der Waals surface area contributed by atoms with Crippen LogP contribution in [0.25, 0.3) is 0 Å². The van der Waals surface area contributed by atoms with Gasteiger partial charge in [0.2, 0.25) is 0 Å². The molecule has 0 atom stereocenters. The first-order chi connectivity index (χ1) is 11.7. The van der Waals surface area contributed by atoms with Gasteiger partial charge in [0, 0.05) is 0 Å². The standard InChI is InChI=1S/C19H19BrO5/c1-19(2,3)13-5-7-14(8-6-13)24-11-17(21)25-16-9-4-12(18(22)23)10-15(16)20/h4-10H,11H2,1-3H3,(H,22,23). The van der Waals surface area contributed by atoms with Gasteiger partial charge in [-0.15, -0.1) is 0 Å². The second-order valence-electron chi connectivity index (χ2n) is 6.49. The van der Waals surface area contributed by atoms with Crippen LogP contribution in [-0.4, -0.2) is 23.7 Å². The average molecular weight is 407 g/mol. The number of halogens is 1. The molecule has 0 aliphatic carbocycles. The molecule has 0 aromatic heterocycles. The summed E-state index contributed by atoms with van der Waals surface area (Å²) in [6, 6.07) is 11.7. The Hall–Kier alpha value is -2.34. The van der Waals surface area contributed by atoms with Crippen molar-refractivity contribution in [3.05, 3.63) is 58.1 Å². The van der Waals surface area contributed by atoms with Crippen LogP contribution >= 0.6 is 15.9 Å². The van der Waals surface area contributed by atoms with E-state index in [4.69, 9.17) is 14.6 Å². The van der Waals surface area contributed by atoms with Crippen molar-refractivity contribution in [1.29, 1.82) is 0 Å². The third kappa shape index (κ3) is 5.32. The zero-order chi connectivity index (χ0) is 18.6. The SMILES string of the molecule is CC(C)(C)c1ccc(OCC(=O)Oc2ccc(C(=O)O)cc2Br)cc1. The van der Waals surface area contributed by atoms with E-state index in [2.05, 4.69) is 36.7 Å². The Morgan fingerprint density at radius 2 is 1.72 bits per heavy atom. The van der Waals surface area contributed by atoms with E-state index in [1.54, 1.807) is 0 Å². The van der Waals surface area contributed by atoms with Crippen LogP contribution in [0.15, 0.2) is 46.9 Å². The molecule has 0 aliphatic rings. The maximum atomic E-state index is 11.9. The fraction of sp³-hybridized carbons (Fsp3) is 0.263. The second kappa shape index (κ2) is 7.70. The molecular weight excluding hydrogens is 388 g/mol. The molecule has 0 spiro atoms. The summed E-state index contributed by atoms with van der Waals surface area (Å²) in [6.45, 7) is 6.11. The number of carboxylic acids is 1. The lowest BCUT2D eigenvalue weighted by molar-refractivity contribution is -0.136. The summed E-state index contributed by atoms with van der Waals surface area (Å²) >= 11 is 3.19. The summed E-state index contributed by atoms with van der Waals surface area (Å²) in [5.41, 5.74) is 1.32. The van der Waals surface area contributed by atoms with E-state index >= 15 is 0 Å². The molecule has 0 unspecified atom stereocenters. The third-order valence-electron chi connectivity index (χ3n) is 3.48. The van der Waals surface area contributed by atoms with Gasteiger partial charge in [0.25, 0.3) is 0 Å². The van der Waals surface area contributed by atoms with Crippen molar-refractivity contribution in [2.24, 2.45) is 0 Å². The number of carboxylic acid groups (broad SMARTS) is 1. The molecule has 0 saturated carbocycles. The Bertz CT molecular complexity index is 775. The zero-order valence-electron chi connectivity index (χ0n) is 14.2. The lowest BCUT2D eigenvalue weighted by Crippen LogP contribution is -2.18. The Kier molecular flexibility index (Phi) is 5.85. The van der Waals surface area contributed by atoms with Gasteiger partial charge in [-0.1, -0.05) is 32.9 Å². The van der Waals surface area contributed by atoms with Crippen LogP contribution in [0.1, 0.15) is 36.7 Å². The molecule has 0 amide bonds. The van der Waals surface area contributed by atoms with Crippen molar-refractivity contribution in [2.75, 3.05) is 6.61 Å². The van der Waals surface area contributed by atoms with Gasteiger partial charge in [0.05, 0.1) is 10.0 Å². The molecule has 0 heterocycles. The smallest absolute Gasteiger partial charge is 0.349 e. The molecule has 0 radical (unpaired) electrons. The molecule has 0 fully saturated rings. The molecule has 2 aromatic carbocycles.